The number of methoxy groups -OCH3 is 1. The van der Waals surface area contributed by atoms with Crippen molar-refractivity contribution in [3.63, 3.8) is 0 Å². The summed E-state index contributed by atoms with van der Waals surface area (Å²) in [5, 5.41) is 2.59. The highest BCUT2D eigenvalue weighted by atomic mass is 16.5. The fourth-order valence-electron chi connectivity index (χ4n) is 2.49. The molecule has 2 aromatic rings. The molecule has 0 saturated carbocycles. The predicted molar refractivity (Wildman–Crippen MR) is 94.3 cm³/mol. The number of rotatable bonds is 7. The Kier molecular flexibility index (Phi) is 6.14. The van der Waals surface area contributed by atoms with Gasteiger partial charge in [-0.05, 0) is 35.7 Å². The minimum absolute atomic E-state index is 0.232. The van der Waals surface area contributed by atoms with E-state index < -0.39 is 12.0 Å². The van der Waals surface area contributed by atoms with Crippen molar-refractivity contribution in [2.45, 2.75) is 19.6 Å². The van der Waals surface area contributed by atoms with Crippen LogP contribution in [0.25, 0.3) is 0 Å². The van der Waals surface area contributed by atoms with Gasteiger partial charge in [-0.25, -0.2) is 0 Å². The van der Waals surface area contributed by atoms with Gasteiger partial charge in [-0.3, -0.25) is 9.59 Å². The number of carbonyl (C=O) groups excluding carboxylic acids is 2. The molecule has 0 fully saturated rings. The third kappa shape index (κ3) is 4.36. The van der Waals surface area contributed by atoms with Crippen molar-refractivity contribution in [3.05, 3.63) is 64.7 Å². The van der Waals surface area contributed by atoms with Crippen molar-refractivity contribution in [1.82, 2.24) is 5.32 Å². The van der Waals surface area contributed by atoms with Crippen LogP contribution in [0.1, 0.15) is 33.2 Å². The number of nitrogens with one attached hydrogen (secondary N) is 1. The third-order valence-electron chi connectivity index (χ3n) is 3.91. The van der Waals surface area contributed by atoms with Crippen LogP contribution >= 0.6 is 0 Å². The van der Waals surface area contributed by atoms with Crippen LogP contribution in [0.2, 0.25) is 0 Å². The first-order valence-corrected chi connectivity index (χ1v) is 7.83. The SMILES string of the molecule is CNC(=O)C(OC)c1ccccc1COc1cc(C(N)=O)ccc1C. The number of amides is 2. The Hall–Kier alpha value is -2.86. The molecule has 0 heterocycles. The summed E-state index contributed by atoms with van der Waals surface area (Å²) in [6.07, 6.45) is -0.720. The molecule has 3 N–H and O–H groups in total. The second-order valence-corrected chi connectivity index (χ2v) is 5.56. The normalized spacial score (nSPS) is 11.6. The maximum Gasteiger partial charge on any atom is 0.253 e. The lowest BCUT2D eigenvalue weighted by molar-refractivity contribution is -0.130. The first-order chi connectivity index (χ1) is 12.0. The first kappa shape index (κ1) is 18.5. The predicted octanol–water partition coefficient (Wildman–Crippen LogP) is 2.11. The highest BCUT2D eigenvalue weighted by Crippen LogP contribution is 2.25. The average molecular weight is 342 g/mol. The summed E-state index contributed by atoms with van der Waals surface area (Å²) in [5.41, 5.74) is 8.14. The molecule has 1 unspecified atom stereocenters. The van der Waals surface area contributed by atoms with Crippen LogP contribution in [0.15, 0.2) is 42.5 Å². The Morgan fingerprint density at radius 3 is 2.56 bits per heavy atom. The molecule has 0 aromatic heterocycles. The van der Waals surface area contributed by atoms with Crippen LogP contribution in [0.3, 0.4) is 0 Å². The zero-order chi connectivity index (χ0) is 18.4. The fraction of sp³-hybridized carbons (Fsp3) is 0.263. The maximum atomic E-state index is 12.0. The van der Waals surface area contributed by atoms with E-state index in [-0.39, 0.29) is 12.5 Å². The summed E-state index contributed by atoms with van der Waals surface area (Å²) in [6.45, 7) is 2.12. The van der Waals surface area contributed by atoms with Gasteiger partial charge in [0.15, 0.2) is 6.10 Å². The lowest BCUT2D eigenvalue weighted by atomic mass is 10.0. The van der Waals surface area contributed by atoms with Gasteiger partial charge in [-0.1, -0.05) is 30.3 Å². The van der Waals surface area contributed by atoms with Gasteiger partial charge in [-0.15, -0.1) is 0 Å². The smallest absolute Gasteiger partial charge is 0.253 e. The molecule has 2 amide bonds. The Balaban J connectivity index is 2.26. The minimum atomic E-state index is -0.720. The van der Waals surface area contributed by atoms with Gasteiger partial charge < -0.3 is 20.5 Å². The van der Waals surface area contributed by atoms with E-state index in [9.17, 15) is 9.59 Å². The molecule has 2 aromatic carbocycles. The van der Waals surface area contributed by atoms with Crippen LogP contribution < -0.4 is 15.8 Å². The molecule has 25 heavy (non-hydrogen) atoms. The quantitative estimate of drug-likeness (QED) is 0.806. The Morgan fingerprint density at radius 1 is 1.20 bits per heavy atom. The molecule has 132 valence electrons. The molecule has 6 heteroatoms. The number of hydrogen-bond acceptors (Lipinski definition) is 4. The molecule has 0 bridgehead atoms. The Bertz CT molecular complexity index is 774. The number of ether oxygens (including phenoxy) is 2. The van der Waals surface area contributed by atoms with Crippen molar-refractivity contribution >= 4 is 11.8 Å². The van der Waals surface area contributed by atoms with Gasteiger partial charge in [0, 0.05) is 19.7 Å². The molecule has 0 radical (unpaired) electrons. The molecule has 6 nitrogen and oxygen atoms in total. The van der Waals surface area contributed by atoms with E-state index in [0.29, 0.717) is 11.3 Å². The van der Waals surface area contributed by atoms with Gasteiger partial charge in [-0.2, -0.15) is 0 Å². The van der Waals surface area contributed by atoms with E-state index >= 15 is 0 Å². The van der Waals surface area contributed by atoms with E-state index in [1.165, 1.54) is 7.11 Å². The molecule has 0 aliphatic carbocycles. The summed E-state index contributed by atoms with van der Waals surface area (Å²) in [4.78, 5) is 23.4. The zero-order valence-electron chi connectivity index (χ0n) is 14.5. The van der Waals surface area contributed by atoms with E-state index in [0.717, 1.165) is 16.7 Å². The Labute approximate surface area is 146 Å². The first-order valence-electron chi connectivity index (χ1n) is 7.83. The van der Waals surface area contributed by atoms with Crippen LogP contribution in [-0.4, -0.2) is 26.0 Å². The summed E-state index contributed by atoms with van der Waals surface area (Å²) in [7, 11) is 3.05. The highest BCUT2D eigenvalue weighted by molar-refractivity contribution is 5.93. The van der Waals surface area contributed by atoms with Crippen molar-refractivity contribution in [2.24, 2.45) is 5.73 Å². The summed E-state index contributed by atoms with van der Waals surface area (Å²) < 4.78 is 11.2. The van der Waals surface area contributed by atoms with Crippen LogP contribution in [0.5, 0.6) is 5.75 Å². The van der Waals surface area contributed by atoms with Crippen molar-refractivity contribution in [1.29, 1.82) is 0 Å². The summed E-state index contributed by atoms with van der Waals surface area (Å²) in [5.74, 6) is -0.175. The fourth-order valence-corrected chi connectivity index (χ4v) is 2.49. The van der Waals surface area contributed by atoms with Crippen LogP contribution in [0.4, 0.5) is 0 Å². The zero-order valence-corrected chi connectivity index (χ0v) is 14.5. The number of primary amides is 1. The average Bonchev–Trinajstić information content (AvgIpc) is 2.62. The van der Waals surface area contributed by atoms with Gasteiger partial charge in [0.2, 0.25) is 5.91 Å². The third-order valence-corrected chi connectivity index (χ3v) is 3.91. The van der Waals surface area contributed by atoms with Crippen molar-refractivity contribution in [3.8, 4) is 5.75 Å². The summed E-state index contributed by atoms with van der Waals surface area (Å²) >= 11 is 0. The van der Waals surface area contributed by atoms with Crippen LogP contribution in [0, 0.1) is 6.92 Å². The second-order valence-electron chi connectivity index (χ2n) is 5.56. The molecule has 0 spiro atoms. The molecular weight excluding hydrogens is 320 g/mol. The number of nitrogens with two attached hydrogens (primary N) is 1. The molecule has 0 aliphatic heterocycles. The molecule has 0 saturated heterocycles. The molecular formula is C19H22N2O4. The van der Waals surface area contributed by atoms with E-state index in [4.69, 9.17) is 15.2 Å². The van der Waals surface area contributed by atoms with E-state index in [1.807, 2.05) is 31.2 Å². The van der Waals surface area contributed by atoms with Gasteiger partial charge in [0.1, 0.15) is 12.4 Å². The standard InChI is InChI=1S/C19H22N2O4/c1-12-8-9-13(18(20)22)10-16(12)25-11-14-6-4-5-7-15(14)17(24-3)19(23)21-2/h4-10,17H,11H2,1-3H3,(H2,20,22)(H,21,23). The maximum absolute atomic E-state index is 12.0. The van der Waals surface area contributed by atoms with Crippen molar-refractivity contribution < 1.29 is 19.1 Å². The molecule has 1 atom stereocenters. The second kappa shape index (κ2) is 8.30. The number of likely N-dealkylation sites (N-methyl/N-ethyl adjacent to an activating group) is 1. The van der Waals surface area contributed by atoms with E-state index in [2.05, 4.69) is 5.32 Å². The topological polar surface area (TPSA) is 90.7 Å². The van der Waals surface area contributed by atoms with Gasteiger partial charge >= 0.3 is 0 Å². The van der Waals surface area contributed by atoms with Gasteiger partial charge in [0.05, 0.1) is 0 Å². The number of hydrogen-bond donors (Lipinski definition) is 2. The monoisotopic (exact) mass is 342 g/mol. The lowest BCUT2D eigenvalue weighted by Gasteiger charge is -2.18. The number of aryl methyl sites for hydroxylation is 1. The van der Waals surface area contributed by atoms with Gasteiger partial charge in [0.25, 0.3) is 5.91 Å². The minimum Gasteiger partial charge on any atom is -0.489 e. The Morgan fingerprint density at radius 2 is 1.92 bits per heavy atom. The molecule has 2 rings (SSSR count). The van der Waals surface area contributed by atoms with Crippen LogP contribution in [-0.2, 0) is 16.1 Å². The van der Waals surface area contributed by atoms with E-state index in [1.54, 1.807) is 25.2 Å². The summed E-state index contributed by atoms with van der Waals surface area (Å²) in [6, 6.07) is 12.5. The largest absolute Gasteiger partial charge is 0.489 e. The highest BCUT2D eigenvalue weighted by Gasteiger charge is 2.21. The number of benzene rings is 2. The number of carbonyl (C=O) groups is 2. The molecule has 0 aliphatic rings. The lowest BCUT2D eigenvalue weighted by Crippen LogP contribution is -2.27. The van der Waals surface area contributed by atoms with Crippen molar-refractivity contribution in [2.75, 3.05) is 14.2 Å².